The molecule has 0 unspecified atom stereocenters. The van der Waals surface area contributed by atoms with Gasteiger partial charge in [-0.15, -0.1) is 16.7 Å². The van der Waals surface area contributed by atoms with Crippen LogP contribution in [0.15, 0.2) is 30.6 Å². The monoisotopic (exact) mass is 261 g/mol. The van der Waals surface area contributed by atoms with Crippen LogP contribution in [0, 0.1) is 11.3 Å². The van der Waals surface area contributed by atoms with Gasteiger partial charge in [-0.25, -0.2) is 9.67 Å². The number of rotatable bonds is 3. The first-order valence-corrected chi connectivity index (χ1v) is 5.55. The minimum Gasteiger partial charge on any atom is -0.323 e. The fraction of sp³-hybridized carbons (Fsp3) is 0.0909. The van der Waals surface area contributed by atoms with Crippen molar-refractivity contribution in [2.75, 3.05) is 11.2 Å². The molecule has 0 aliphatic rings. The third kappa shape index (κ3) is 2.47. The fourth-order valence-corrected chi connectivity index (χ4v) is 1.46. The highest BCUT2D eigenvalue weighted by Crippen LogP contribution is 2.18. The number of hydrogen-bond donors (Lipinski definition) is 1. The Kier molecular flexibility index (Phi) is 3.55. The number of carbonyl (C=O) groups excluding carboxylic acids is 1. The molecule has 7 heteroatoms. The molecule has 0 spiro atoms. The van der Waals surface area contributed by atoms with Gasteiger partial charge in [0.2, 0.25) is 5.91 Å². The number of benzene rings is 1. The lowest BCUT2D eigenvalue weighted by Gasteiger charge is -2.09. The van der Waals surface area contributed by atoms with Crippen LogP contribution in [0.1, 0.15) is 5.82 Å². The summed E-state index contributed by atoms with van der Waals surface area (Å²) >= 11 is 5.44. The molecule has 6 nitrogen and oxygen atoms in total. The number of alkyl halides is 1. The van der Waals surface area contributed by atoms with Gasteiger partial charge in [0.25, 0.3) is 5.82 Å². The Morgan fingerprint density at radius 3 is 2.94 bits per heavy atom. The molecule has 0 aliphatic heterocycles. The summed E-state index contributed by atoms with van der Waals surface area (Å²) in [6, 6.07) is 8.87. The zero-order chi connectivity index (χ0) is 13.0. The molecule has 0 fully saturated rings. The van der Waals surface area contributed by atoms with Crippen LogP contribution in [-0.4, -0.2) is 26.6 Å². The lowest BCUT2D eigenvalue weighted by Crippen LogP contribution is -2.14. The first kappa shape index (κ1) is 12.1. The van der Waals surface area contributed by atoms with Crippen molar-refractivity contribution in [1.82, 2.24) is 14.8 Å². The summed E-state index contributed by atoms with van der Waals surface area (Å²) in [5.41, 5.74) is 1.17. The lowest BCUT2D eigenvalue weighted by atomic mass is 10.2. The third-order valence-corrected chi connectivity index (χ3v) is 2.38. The van der Waals surface area contributed by atoms with Crippen LogP contribution in [0.4, 0.5) is 5.69 Å². The highest BCUT2D eigenvalue weighted by Gasteiger charge is 2.09. The minimum absolute atomic E-state index is 0.0634. The SMILES string of the molecule is N#Cc1ncn(-c2ccccc2NC(=O)CCl)n1. The van der Waals surface area contributed by atoms with Crippen LogP contribution in [-0.2, 0) is 4.79 Å². The first-order chi connectivity index (χ1) is 8.74. The predicted molar refractivity (Wildman–Crippen MR) is 65.4 cm³/mol. The van der Waals surface area contributed by atoms with Gasteiger partial charge in [-0.05, 0) is 12.1 Å². The van der Waals surface area contributed by atoms with Gasteiger partial charge in [0.05, 0.1) is 11.4 Å². The van der Waals surface area contributed by atoms with Crippen molar-refractivity contribution in [1.29, 1.82) is 5.26 Å². The van der Waals surface area contributed by atoms with Crippen LogP contribution in [0.3, 0.4) is 0 Å². The van der Waals surface area contributed by atoms with E-state index in [1.807, 2.05) is 6.07 Å². The van der Waals surface area contributed by atoms with Gasteiger partial charge >= 0.3 is 0 Å². The molecule has 0 saturated heterocycles. The van der Waals surface area contributed by atoms with Crippen LogP contribution in [0.5, 0.6) is 0 Å². The Morgan fingerprint density at radius 1 is 1.50 bits per heavy atom. The van der Waals surface area contributed by atoms with Crippen molar-refractivity contribution < 1.29 is 4.79 Å². The summed E-state index contributed by atoms with van der Waals surface area (Å²) < 4.78 is 1.42. The molecule has 0 saturated carbocycles. The molecule has 90 valence electrons. The zero-order valence-corrected chi connectivity index (χ0v) is 9.92. The number of nitrogens with one attached hydrogen (secondary N) is 1. The molecule has 2 rings (SSSR count). The van der Waals surface area contributed by atoms with Gasteiger partial charge in [0.1, 0.15) is 18.3 Å². The Bertz CT molecular complexity index is 616. The molecule has 0 atom stereocenters. The van der Waals surface area contributed by atoms with E-state index < -0.39 is 0 Å². The zero-order valence-electron chi connectivity index (χ0n) is 9.17. The largest absolute Gasteiger partial charge is 0.323 e. The standard InChI is InChI=1S/C11H8ClN5O/c12-5-11(18)15-8-3-1-2-4-9(8)17-7-14-10(6-13)16-17/h1-4,7H,5H2,(H,15,18). The van der Waals surface area contributed by atoms with Gasteiger partial charge in [-0.3, -0.25) is 4.79 Å². The van der Waals surface area contributed by atoms with E-state index in [1.54, 1.807) is 24.3 Å². The van der Waals surface area contributed by atoms with Crippen LogP contribution >= 0.6 is 11.6 Å². The van der Waals surface area contributed by atoms with Crippen molar-refractivity contribution in [3.05, 3.63) is 36.4 Å². The number of hydrogen-bond acceptors (Lipinski definition) is 4. The first-order valence-electron chi connectivity index (χ1n) is 5.01. The maximum absolute atomic E-state index is 11.3. The van der Waals surface area contributed by atoms with Gasteiger partial charge in [0, 0.05) is 0 Å². The molecule has 1 aromatic carbocycles. The van der Waals surface area contributed by atoms with E-state index in [2.05, 4.69) is 15.4 Å². The molecule has 1 heterocycles. The summed E-state index contributed by atoms with van der Waals surface area (Å²) in [6.07, 6.45) is 1.41. The molecular weight excluding hydrogens is 254 g/mol. The fourth-order valence-electron chi connectivity index (χ4n) is 1.39. The molecule has 0 bridgehead atoms. The molecule has 0 radical (unpaired) electrons. The number of anilines is 1. The molecule has 1 aromatic heterocycles. The van der Waals surface area contributed by atoms with Crippen LogP contribution in [0.2, 0.25) is 0 Å². The van der Waals surface area contributed by atoms with Crippen molar-refractivity contribution in [2.45, 2.75) is 0 Å². The average Bonchev–Trinajstić information content (AvgIpc) is 2.88. The quantitative estimate of drug-likeness (QED) is 0.845. The summed E-state index contributed by atoms with van der Waals surface area (Å²) in [5.74, 6) is -0.381. The summed E-state index contributed by atoms with van der Waals surface area (Å²) in [7, 11) is 0. The number of nitrogens with zero attached hydrogens (tertiary/aromatic N) is 4. The van der Waals surface area contributed by atoms with E-state index in [1.165, 1.54) is 11.0 Å². The van der Waals surface area contributed by atoms with Gasteiger partial charge in [-0.2, -0.15) is 5.26 Å². The van der Waals surface area contributed by atoms with Gasteiger partial charge in [0.15, 0.2) is 0 Å². The highest BCUT2D eigenvalue weighted by molar-refractivity contribution is 6.29. The van der Waals surface area contributed by atoms with Crippen molar-refractivity contribution in [3.8, 4) is 11.8 Å². The number of carbonyl (C=O) groups is 1. The van der Waals surface area contributed by atoms with E-state index in [0.717, 1.165) is 0 Å². The highest BCUT2D eigenvalue weighted by atomic mass is 35.5. The van der Waals surface area contributed by atoms with Gasteiger partial charge in [-0.1, -0.05) is 12.1 Å². The third-order valence-electron chi connectivity index (χ3n) is 2.14. The second-order valence-electron chi connectivity index (χ2n) is 3.32. The van der Waals surface area contributed by atoms with E-state index in [-0.39, 0.29) is 17.6 Å². The van der Waals surface area contributed by atoms with E-state index >= 15 is 0 Å². The Labute approximate surface area is 108 Å². The summed E-state index contributed by atoms with van der Waals surface area (Å²) in [4.78, 5) is 15.1. The normalized spacial score (nSPS) is 9.78. The average molecular weight is 262 g/mol. The predicted octanol–water partition coefficient (Wildman–Crippen LogP) is 1.32. The second-order valence-corrected chi connectivity index (χ2v) is 3.59. The van der Waals surface area contributed by atoms with Gasteiger partial charge < -0.3 is 5.32 Å². The van der Waals surface area contributed by atoms with Crippen molar-refractivity contribution >= 4 is 23.2 Å². The molecule has 1 amide bonds. The molecule has 1 N–H and O–H groups in total. The molecule has 2 aromatic rings. The Balaban J connectivity index is 2.38. The maximum atomic E-state index is 11.3. The second kappa shape index (κ2) is 5.29. The Morgan fingerprint density at radius 2 is 2.28 bits per heavy atom. The topological polar surface area (TPSA) is 83.6 Å². The molecule has 18 heavy (non-hydrogen) atoms. The van der Waals surface area contributed by atoms with E-state index in [9.17, 15) is 4.79 Å². The summed E-state index contributed by atoms with van der Waals surface area (Å²) in [5, 5.41) is 15.3. The number of amides is 1. The van der Waals surface area contributed by atoms with Crippen LogP contribution in [0.25, 0.3) is 5.69 Å². The van der Waals surface area contributed by atoms with Crippen LogP contribution < -0.4 is 5.32 Å². The number of halogens is 1. The molecule has 0 aliphatic carbocycles. The number of nitriles is 1. The smallest absolute Gasteiger partial charge is 0.252 e. The van der Waals surface area contributed by atoms with E-state index in [4.69, 9.17) is 16.9 Å². The number of aromatic nitrogens is 3. The minimum atomic E-state index is -0.315. The Hall–Kier alpha value is -2.39. The maximum Gasteiger partial charge on any atom is 0.252 e. The van der Waals surface area contributed by atoms with E-state index in [0.29, 0.717) is 11.4 Å². The number of para-hydroxylation sites is 2. The lowest BCUT2D eigenvalue weighted by molar-refractivity contribution is -0.113. The van der Waals surface area contributed by atoms with Crippen molar-refractivity contribution in [3.63, 3.8) is 0 Å². The van der Waals surface area contributed by atoms with Crippen molar-refractivity contribution in [2.24, 2.45) is 0 Å². The molecular formula is C11H8ClN5O. The summed E-state index contributed by atoms with van der Waals surface area (Å²) in [6.45, 7) is 0.